The molecule has 2 aromatic rings. The highest BCUT2D eigenvalue weighted by atomic mass is 32.2. The third kappa shape index (κ3) is 3.89. The van der Waals surface area contributed by atoms with Gasteiger partial charge in [0.2, 0.25) is 5.16 Å². The first-order valence-corrected chi connectivity index (χ1v) is 6.88. The summed E-state index contributed by atoms with van der Waals surface area (Å²) < 4.78 is 0. The topological polar surface area (TPSA) is 70.2 Å². The Hall–Kier alpha value is -1.30. The summed E-state index contributed by atoms with van der Waals surface area (Å²) in [7, 11) is 0. The highest BCUT2D eigenvalue weighted by Crippen LogP contribution is 2.15. The van der Waals surface area contributed by atoms with E-state index in [2.05, 4.69) is 32.3 Å². The van der Waals surface area contributed by atoms with E-state index in [9.17, 15) is 0 Å². The molecule has 0 aliphatic heterocycles. The zero-order valence-electron chi connectivity index (χ0n) is 9.94. The van der Waals surface area contributed by atoms with Gasteiger partial charge in [0.25, 0.3) is 0 Å². The quantitative estimate of drug-likeness (QED) is 0.584. The molecule has 2 heterocycles. The number of thioether (sulfide) groups is 1. The van der Waals surface area contributed by atoms with Gasteiger partial charge in [-0.15, -0.1) is 5.10 Å². The van der Waals surface area contributed by atoms with E-state index in [-0.39, 0.29) is 0 Å². The number of H-pyrrole nitrogens is 2. The molecule has 92 valence electrons. The minimum atomic E-state index is 0.862. The molecule has 6 heteroatoms. The number of hydrogen-bond acceptors (Lipinski definition) is 4. The Morgan fingerprint density at radius 3 is 3.06 bits per heavy atom. The maximum absolute atomic E-state index is 4.41. The number of nitrogens with zero attached hydrogens (tertiary/aromatic N) is 3. The summed E-state index contributed by atoms with van der Waals surface area (Å²) in [6.07, 6.45) is 8.05. The second-order valence-electron chi connectivity index (χ2n) is 3.87. The molecule has 0 atom stereocenters. The Balaban J connectivity index is 1.67. The molecule has 2 rings (SSSR count). The van der Waals surface area contributed by atoms with Crippen molar-refractivity contribution in [3.05, 3.63) is 23.8 Å². The molecule has 0 saturated heterocycles. The van der Waals surface area contributed by atoms with Gasteiger partial charge >= 0.3 is 0 Å². The second kappa shape index (κ2) is 6.44. The van der Waals surface area contributed by atoms with Crippen LogP contribution in [-0.2, 0) is 12.8 Å². The number of rotatable bonds is 7. The fraction of sp³-hybridized carbons (Fsp3) is 0.545. The zero-order chi connectivity index (χ0) is 11.9. The molecule has 2 aromatic heterocycles. The van der Waals surface area contributed by atoms with Crippen LogP contribution in [0.4, 0.5) is 0 Å². The van der Waals surface area contributed by atoms with Crippen LogP contribution in [-0.4, -0.2) is 31.1 Å². The first-order valence-electron chi connectivity index (χ1n) is 5.90. The SMILES string of the molecule is CCCc1nc(SCCCc2cn[nH]c2)n[nH]1. The zero-order valence-corrected chi connectivity index (χ0v) is 10.8. The molecule has 17 heavy (non-hydrogen) atoms. The minimum absolute atomic E-state index is 0.862. The van der Waals surface area contributed by atoms with Crippen molar-refractivity contribution in [3.8, 4) is 0 Å². The summed E-state index contributed by atoms with van der Waals surface area (Å²) in [5.74, 6) is 2.03. The van der Waals surface area contributed by atoms with Crippen molar-refractivity contribution in [2.45, 2.75) is 37.8 Å². The van der Waals surface area contributed by atoms with Crippen LogP contribution >= 0.6 is 11.8 Å². The first-order chi connectivity index (χ1) is 8.38. The Morgan fingerprint density at radius 1 is 1.35 bits per heavy atom. The molecule has 0 spiro atoms. The molecule has 0 aromatic carbocycles. The fourth-order valence-electron chi connectivity index (χ4n) is 1.55. The lowest BCUT2D eigenvalue weighted by molar-refractivity contribution is 0.840. The van der Waals surface area contributed by atoms with E-state index in [0.29, 0.717) is 0 Å². The molecule has 0 aliphatic rings. The smallest absolute Gasteiger partial charge is 0.208 e. The van der Waals surface area contributed by atoms with Gasteiger partial charge in [0.15, 0.2) is 0 Å². The van der Waals surface area contributed by atoms with E-state index in [0.717, 1.165) is 42.4 Å². The summed E-state index contributed by atoms with van der Waals surface area (Å²) in [6.45, 7) is 2.14. The van der Waals surface area contributed by atoms with Crippen LogP contribution in [0.2, 0.25) is 0 Å². The van der Waals surface area contributed by atoms with Gasteiger partial charge in [-0.05, 0) is 24.8 Å². The molecule has 0 bridgehead atoms. The van der Waals surface area contributed by atoms with Crippen LogP contribution < -0.4 is 0 Å². The highest BCUT2D eigenvalue weighted by molar-refractivity contribution is 7.99. The van der Waals surface area contributed by atoms with Crippen LogP contribution in [0.1, 0.15) is 31.2 Å². The second-order valence-corrected chi connectivity index (χ2v) is 4.94. The molecule has 0 fully saturated rings. The standard InChI is InChI=1S/C11H17N5S/c1-2-4-10-14-11(16-15-10)17-6-3-5-9-7-12-13-8-9/h7-8H,2-6H2,1H3,(H,12,13)(H,14,15,16). The summed E-state index contributed by atoms with van der Waals surface area (Å²) >= 11 is 1.70. The van der Waals surface area contributed by atoms with E-state index in [1.807, 2.05) is 12.4 Å². The average Bonchev–Trinajstić information content (AvgIpc) is 2.96. The van der Waals surface area contributed by atoms with Gasteiger partial charge in [-0.25, -0.2) is 4.98 Å². The van der Waals surface area contributed by atoms with Crippen LogP contribution in [0, 0.1) is 0 Å². The molecule has 0 aliphatic carbocycles. The van der Waals surface area contributed by atoms with E-state index in [1.54, 1.807) is 11.8 Å². The van der Waals surface area contributed by atoms with Gasteiger partial charge in [-0.3, -0.25) is 10.2 Å². The number of nitrogens with one attached hydrogen (secondary N) is 2. The van der Waals surface area contributed by atoms with Crippen molar-refractivity contribution in [1.29, 1.82) is 0 Å². The van der Waals surface area contributed by atoms with Crippen molar-refractivity contribution in [1.82, 2.24) is 25.4 Å². The van der Waals surface area contributed by atoms with Gasteiger partial charge in [-0.1, -0.05) is 18.7 Å². The summed E-state index contributed by atoms with van der Waals surface area (Å²) in [5.41, 5.74) is 1.26. The number of hydrogen-bond donors (Lipinski definition) is 2. The first kappa shape index (κ1) is 12.2. The lowest BCUT2D eigenvalue weighted by Crippen LogP contribution is -1.87. The predicted octanol–water partition coefficient (Wildman–Crippen LogP) is 2.21. The van der Waals surface area contributed by atoms with E-state index < -0.39 is 0 Å². The maximum atomic E-state index is 4.41. The van der Waals surface area contributed by atoms with Crippen LogP contribution in [0.5, 0.6) is 0 Å². The molecule has 0 saturated carbocycles. The van der Waals surface area contributed by atoms with E-state index >= 15 is 0 Å². The molecule has 2 N–H and O–H groups in total. The average molecular weight is 251 g/mol. The predicted molar refractivity (Wildman–Crippen MR) is 68.0 cm³/mol. The largest absolute Gasteiger partial charge is 0.285 e. The van der Waals surface area contributed by atoms with Crippen molar-refractivity contribution >= 4 is 11.8 Å². The fourth-order valence-corrected chi connectivity index (χ4v) is 2.30. The van der Waals surface area contributed by atoms with Crippen LogP contribution in [0.3, 0.4) is 0 Å². The van der Waals surface area contributed by atoms with Gasteiger partial charge in [-0.2, -0.15) is 5.10 Å². The molecular weight excluding hydrogens is 234 g/mol. The van der Waals surface area contributed by atoms with Gasteiger partial charge in [0.1, 0.15) is 5.82 Å². The van der Waals surface area contributed by atoms with Crippen molar-refractivity contribution < 1.29 is 0 Å². The number of aromatic nitrogens is 5. The van der Waals surface area contributed by atoms with E-state index in [1.165, 1.54) is 5.56 Å². The third-order valence-electron chi connectivity index (χ3n) is 2.39. The Kier molecular flexibility index (Phi) is 4.61. The lowest BCUT2D eigenvalue weighted by atomic mass is 10.2. The molecule has 0 radical (unpaired) electrons. The highest BCUT2D eigenvalue weighted by Gasteiger charge is 2.03. The van der Waals surface area contributed by atoms with Crippen molar-refractivity contribution in [3.63, 3.8) is 0 Å². The monoisotopic (exact) mass is 251 g/mol. The van der Waals surface area contributed by atoms with Crippen LogP contribution in [0.25, 0.3) is 0 Å². The molecule has 0 amide bonds. The van der Waals surface area contributed by atoms with Crippen molar-refractivity contribution in [2.24, 2.45) is 0 Å². The summed E-state index contributed by atoms with van der Waals surface area (Å²) in [5, 5.41) is 14.7. The van der Waals surface area contributed by atoms with Gasteiger partial charge < -0.3 is 0 Å². The Labute approximate surface area is 105 Å². The number of aromatic amines is 2. The summed E-state index contributed by atoms with van der Waals surface area (Å²) in [4.78, 5) is 4.41. The van der Waals surface area contributed by atoms with E-state index in [4.69, 9.17) is 0 Å². The van der Waals surface area contributed by atoms with Gasteiger partial charge in [0, 0.05) is 18.4 Å². The minimum Gasteiger partial charge on any atom is -0.285 e. The molecule has 5 nitrogen and oxygen atoms in total. The normalized spacial score (nSPS) is 10.9. The molecule has 0 unspecified atom stereocenters. The van der Waals surface area contributed by atoms with Crippen molar-refractivity contribution in [2.75, 3.05) is 5.75 Å². The molecular formula is C11H17N5S. The lowest BCUT2D eigenvalue weighted by Gasteiger charge is -1.95. The maximum Gasteiger partial charge on any atom is 0.208 e. The number of aryl methyl sites for hydroxylation is 2. The third-order valence-corrected chi connectivity index (χ3v) is 3.33. The Bertz CT molecular complexity index is 423. The summed E-state index contributed by atoms with van der Waals surface area (Å²) in [6, 6.07) is 0. The Morgan fingerprint density at radius 2 is 2.29 bits per heavy atom. The van der Waals surface area contributed by atoms with Crippen LogP contribution in [0.15, 0.2) is 17.6 Å². The van der Waals surface area contributed by atoms with Gasteiger partial charge in [0.05, 0.1) is 6.20 Å².